The van der Waals surface area contributed by atoms with Crippen LogP contribution in [0.3, 0.4) is 0 Å². The largest absolute Gasteiger partial charge is 0.496 e. The van der Waals surface area contributed by atoms with Gasteiger partial charge < -0.3 is 14.8 Å². The maximum Gasteiger partial charge on any atom is 0.258 e. The molecule has 1 amide bonds. The lowest BCUT2D eigenvalue weighted by atomic mass is 10.1. The standard InChI is InChI=1S/C17H18FNO3/c1-12(15-5-3-4-6-16(15)21-2)19-17(20)11-22-14-9-7-13(18)8-10-14/h3-10,12H,11H2,1-2H3,(H,19,20)/t12-/m0/s1. The molecule has 0 saturated heterocycles. The molecule has 0 bridgehead atoms. The average molecular weight is 303 g/mol. The van der Waals surface area contributed by atoms with E-state index in [1.165, 1.54) is 24.3 Å². The Morgan fingerprint density at radius 1 is 1.18 bits per heavy atom. The Morgan fingerprint density at radius 2 is 1.86 bits per heavy atom. The molecule has 0 aromatic heterocycles. The molecule has 0 saturated carbocycles. The molecule has 0 fully saturated rings. The third-order valence-corrected chi connectivity index (χ3v) is 3.17. The number of carbonyl (C=O) groups excluding carboxylic acids is 1. The fourth-order valence-corrected chi connectivity index (χ4v) is 2.06. The number of hydrogen-bond donors (Lipinski definition) is 1. The first-order valence-corrected chi connectivity index (χ1v) is 6.91. The summed E-state index contributed by atoms with van der Waals surface area (Å²) < 4.78 is 23.3. The van der Waals surface area contributed by atoms with Crippen molar-refractivity contribution >= 4 is 5.91 Å². The minimum absolute atomic E-state index is 0.134. The topological polar surface area (TPSA) is 47.6 Å². The van der Waals surface area contributed by atoms with Crippen molar-refractivity contribution < 1.29 is 18.7 Å². The number of ether oxygens (including phenoxy) is 2. The molecule has 0 radical (unpaired) electrons. The number of rotatable bonds is 6. The van der Waals surface area contributed by atoms with Crippen molar-refractivity contribution in [2.24, 2.45) is 0 Å². The number of hydrogen-bond acceptors (Lipinski definition) is 3. The Labute approximate surface area is 128 Å². The summed E-state index contributed by atoms with van der Waals surface area (Å²) in [4.78, 5) is 11.9. The van der Waals surface area contributed by atoms with Crippen LogP contribution in [-0.2, 0) is 4.79 Å². The quantitative estimate of drug-likeness (QED) is 0.892. The summed E-state index contributed by atoms with van der Waals surface area (Å²) >= 11 is 0. The highest BCUT2D eigenvalue weighted by molar-refractivity contribution is 5.78. The van der Waals surface area contributed by atoms with Crippen LogP contribution in [0.15, 0.2) is 48.5 Å². The summed E-state index contributed by atoms with van der Waals surface area (Å²) in [6, 6.07) is 12.8. The van der Waals surface area contributed by atoms with Crippen LogP contribution in [0.25, 0.3) is 0 Å². The van der Waals surface area contributed by atoms with Crippen molar-refractivity contribution in [2.75, 3.05) is 13.7 Å². The number of benzene rings is 2. The minimum Gasteiger partial charge on any atom is -0.496 e. The Kier molecular flexibility index (Phi) is 5.36. The zero-order valence-corrected chi connectivity index (χ0v) is 12.5. The van der Waals surface area contributed by atoms with Gasteiger partial charge in [0, 0.05) is 5.56 Å². The van der Waals surface area contributed by atoms with Gasteiger partial charge in [0.1, 0.15) is 17.3 Å². The first-order chi connectivity index (χ1) is 10.6. The third kappa shape index (κ3) is 4.22. The maximum atomic E-state index is 12.8. The minimum atomic E-state index is -0.346. The normalized spacial score (nSPS) is 11.6. The van der Waals surface area contributed by atoms with Crippen molar-refractivity contribution in [2.45, 2.75) is 13.0 Å². The van der Waals surface area contributed by atoms with Crippen molar-refractivity contribution in [3.8, 4) is 11.5 Å². The molecule has 2 aromatic carbocycles. The molecular formula is C17H18FNO3. The van der Waals surface area contributed by atoms with E-state index in [1.54, 1.807) is 7.11 Å². The van der Waals surface area contributed by atoms with Gasteiger partial charge in [-0.15, -0.1) is 0 Å². The van der Waals surface area contributed by atoms with Gasteiger partial charge in [-0.1, -0.05) is 18.2 Å². The SMILES string of the molecule is COc1ccccc1[C@H](C)NC(=O)COc1ccc(F)cc1. The zero-order chi connectivity index (χ0) is 15.9. The van der Waals surface area contributed by atoms with E-state index in [9.17, 15) is 9.18 Å². The van der Waals surface area contributed by atoms with E-state index in [1.807, 2.05) is 31.2 Å². The molecule has 0 unspecified atom stereocenters. The molecule has 0 aliphatic carbocycles. The first kappa shape index (κ1) is 15.8. The van der Waals surface area contributed by atoms with Crippen molar-refractivity contribution in [1.82, 2.24) is 5.32 Å². The number of nitrogens with one attached hydrogen (secondary N) is 1. The molecule has 116 valence electrons. The van der Waals surface area contributed by atoms with Crippen LogP contribution in [0.4, 0.5) is 4.39 Å². The van der Waals surface area contributed by atoms with E-state index in [0.29, 0.717) is 5.75 Å². The molecule has 2 rings (SSSR count). The molecule has 0 aliphatic rings. The Bertz CT molecular complexity index is 628. The summed E-state index contributed by atoms with van der Waals surface area (Å²) in [5.41, 5.74) is 0.889. The van der Waals surface area contributed by atoms with Gasteiger partial charge in [0.2, 0.25) is 0 Å². The van der Waals surface area contributed by atoms with Crippen molar-refractivity contribution in [3.05, 3.63) is 59.9 Å². The molecule has 4 nitrogen and oxygen atoms in total. The van der Waals surface area contributed by atoms with E-state index >= 15 is 0 Å². The lowest BCUT2D eigenvalue weighted by Gasteiger charge is -2.17. The highest BCUT2D eigenvalue weighted by Crippen LogP contribution is 2.24. The van der Waals surface area contributed by atoms with Gasteiger partial charge in [-0.05, 0) is 37.3 Å². The molecule has 0 aliphatic heterocycles. The molecule has 1 atom stereocenters. The zero-order valence-electron chi connectivity index (χ0n) is 12.5. The number of para-hydroxylation sites is 1. The van der Waals surface area contributed by atoms with Gasteiger partial charge in [-0.25, -0.2) is 4.39 Å². The van der Waals surface area contributed by atoms with E-state index < -0.39 is 0 Å². The molecule has 1 N–H and O–H groups in total. The van der Waals surface area contributed by atoms with Crippen LogP contribution in [0, 0.1) is 5.82 Å². The summed E-state index contributed by atoms with van der Waals surface area (Å²) in [6.45, 7) is 1.73. The van der Waals surface area contributed by atoms with Gasteiger partial charge >= 0.3 is 0 Å². The van der Waals surface area contributed by atoms with Gasteiger partial charge in [-0.2, -0.15) is 0 Å². The first-order valence-electron chi connectivity index (χ1n) is 6.91. The van der Waals surface area contributed by atoms with Crippen LogP contribution in [-0.4, -0.2) is 19.6 Å². The second-order valence-corrected chi connectivity index (χ2v) is 4.77. The van der Waals surface area contributed by atoms with E-state index in [4.69, 9.17) is 9.47 Å². The Balaban J connectivity index is 1.90. The second kappa shape index (κ2) is 7.45. The summed E-state index contributed by atoms with van der Waals surface area (Å²) in [5.74, 6) is 0.556. The summed E-state index contributed by atoms with van der Waals surface area (Å²) in [5, 5.41) is 2.83. The monoisotopic (exact) mass is 303 g/mol. The van der Waals surface area contributed by atoms with E-state index in [0.717, 1.165) is 11.3 Å². The van der Waals surface area contributed by atoms with Crippen LogP contribution in [0.5, 0.6) is 11.5 Å². The Morgan fingerprint density at radius 3 is 2.55 bits per heavy atom. The van der Waals surface area contributed by atoms with Crippen molar-refractivity contribution in [1.29, 1.82) is 0 Å². The lowest BCUT2D eigenvalue weighted by molar-refractivity contribution is -0.123. The number of amides is 1. The highest BCUT2D eigenvalue weighted by Gasteiger charge is 2.13. The number of halogens is 1. The van der Waals surface area contributed by atoms with E-state index in [-0.39, 0.29) is 24.4 Å². The molecular weight excluding hydrogens is 285 g/mol. The predicted molar refractivity (Wildman–Crippen MR) is 81.4 cm³/mol. The fourth-order valence-electron chi connectivity index (χ4n) is 2.06. The molecule has 2 aromatic rings. The van der Waals surface area contributed by atoms with Crippen LogP contribution < -0.4 is 14.8 Å². The molecule has 0 heterocycles. The summed E-state index contributed by atoms with van der Waals surface area (Å²) in [6.07, 6.45) is 0. The number of carbonyl (C=O) groups is 1. The van der Waals surface area contributed by atoms with Crippen LogP contribution in [0.1, 0.15) is 18.5 Å². The van der Waals surface area contributed by atoms with Gasteiger partial charge in [0.15, 0.2) is 6.61 Å². The maximum absolute atomic E-state index is 12.8. The van der Waals surface area contributed by atoms with Gasteiger partial charge in [0.25, 0.3) is 5.91 Å². The smallest absolute Gasteiger partial charge is 0.258 e. The molecule has 5 heteroatoms. The van der Waals surface area contributed by atoms with E-state index in [2.05, 4.69) is 5.32 Å². The predicted octanol–water partition coefficient (Wildman–Crippen LogP) is 3.09. The number of methoxy groups -OCH3 is 1. The van der Waals surface area contributed by atoms with Gasteiger partial charge in [0.05, 0.1) is 13.2 Å². The summed E-state index contributed by atoms with van der Waals surface area (Å²) in [7, 11) is 1.59. The molecule has 22 heavy (non-hydrogen) atoms. The average Bonchev–Trinajstić information content (AvgIpc) is 2.54. The lowest BCUT2D eigenvalue weighted by Crippen LogP contribution is -2.31. The second-order valence-electron chi connectivity index (χ2n) is 4.77. The van der Waals surface area contributed by atoms with Crippen LogP contribution >= 0.6 is 0 Å². The highest BCUT2D eigenvalue weighted by atomic mass is 19.1. The van der Waals surface area contributed by atoms with Gasteiger partial charge in [-0.3, -0.25) is 4.79 Å². The fraction of sp³-hybridized carbons (Fsp3) is 0.235. The van der Waals surface area contributed by atoms with Crippen LogP contribution in [0.2, 0.25) is 0 Å². The molecule has 0 spiro atoms. The Hall–Kier alpha value is -2.56. The van der Waals surface area contributed by atoms with Crippen molar-refractivity contribution in [3.63, 3.8) is 0 Å². The third-order valence-electron chi connectivity index (χ3n) is 3.17.